The van der Waals surface area contributed by atoms with Gasteiger partial charge in [0.15, 0.2) is 11.5 Å². The molecule has 0 bridgehead atoms. The first kappa shape index (κ1) is 46.5. The molecule has 0 saturated heterocycles. The summed E-state index contributed by atoms with van der Waals surface area (Å²) in [7, 11) is 0. The van der Waals surface area contributed by atoms with Crippen molar-refractivity contribution >= 4 is 5.91 Å². The topological polar surface area (TPSA) is 92.5 Å². The molecule has 0 aliphatic carbocycles. The first-order valence-electron chi connectivity index (χ1n) is 21.2. The molecule has 1 rings (SSSR count). The molecule has 51 heavy (non-hydrogen) atoms. The Kier molecular flexibility index (Phi) is 32.6. The van der Waals surface area contributed by atoms with E-state index >= 15 is 0 Å². The van der Waals surface area contributed by atoms with Gasteiger partial charge in [0.1, 0.15) is 0 Å². The van der Waals surface area contributed by atoms with Crippen LogP contribution in [0.5, 0.6) is 11.5 Å². The van der Waals surface area contributed by atoms with Crippen molar-refractivity contribution in [3.63, 3.8) is 0 Å². The lowest BCUT2D eigenvalue weighted by Crippen LogP contribution is -2.34. The number of unbranched alkanes of at least 4 members (excludes halogenated alkanes) is 18. The summed E-state index contributed by atoms with van der Waals surface area (Å²) in [6.07, 6.45) is 52.4. The van der Waals surface area contributed by atoms with Gasteiger partial charge in [-0.2, -0.15) is 0 Å². The molecule has 292 valence electrons. The maximum absolute atomic E-state index is 13.0. The van der Waals surface area contributed by atoms with E-state index in [1.165, 1.54) is 116 Å². The lowest BCUT2D eigenvalue weighted by molar-refractivity contribution is 0.0873. The minimum Gasteiger partial charge on any atom is -0.488 e. The highest BCUT2D eigenvalue weighted by Crippen LogP contribution is 2.29. The zero-order valence-corrected chi connectivity index (χ0v) is 33.2. The Morgan fingerprint density at radius 1 is 0.569 bits per heavy atom. The number of allylic oxidation sites excluding steroid dienone is 8. The molecule has 0 radical (unpaired) electrons. The minimum absolute atomic E-state index is 0.148. The molecule has 0 amide bonds. The standard InChI is InChI=1S/C45H79N3O3/c1-3-5-7-9-11-13-15-17-19-21-23-25-27-29-31-33-38-50-43-40-48(45(49)42(47)36-35-37-46)41-44(43)51-39-34-32-30-28-26-24-22-20-18-16-14-12-10-8-6-4-2/h11-14,17-20,40-42H,3-10,15-16,21-39,46-47H2,1-2H3/b13-11-,14-12-,19-17-,20-18-/t42-/m0/s1. The quantitative estimate of drug-likeness (QED) is 0.0534. The molecule has 1 atom stereocenters. The fourth-order valence-electron chi connectivity index (χ4n) is 5.96. The van der Waals surface area contributed by atoms with Crippen molar-refractivity contribution in [2.75, 3.05) is 19.8 Å². The molecule has 0 fully saturated rings. The third kappa shape index (κ3) is 27.7. The van der Waals surface area contributed by atoms with Crippen LogP contribution in [-0.2, 0) is 0 Å². The van der Waals surface area contributed by atoms with E-state index in [0.717, 1.165) is 44.9 Å². The normalized spacial score (nSPS) is 12.7. The van der Waals surface area contributed by atoms with E-state index in [4.69, 9.17) is 20.9 Å². The summed E-state index contributed by atoms with van der Waals surface area (Å²) in [5.41, 5.74) is 11.8. The van der Waals surface area contributed by atoms with Crippen molar-refractivity contribution in [2.45, 2.75) is 187 Å². The van der Waals surface area contributed by atoms with Gasteiger partial charge in [-0.25, -0.2) is 0 Å². The molecular weight excluding hydrogens is 631 g/mol. The van der Waals surface area contributed by atoms with E-state index in [-0.39, 0.29) is 5.91 Å². The summed E-state index contributed by atoms with van der Waals surface area (Å²) in [5.74, 6) is 1.12. The van der Waals surface area contributed by atoms with Gasteiger partial charge in [0.25, 0.3) is 0 Å². The number of nitrogens with zero attached hydrogens (tertiary/aromatic N) is 1. The van der Waals surface area contributed by atoms with Crippen molar-refractivity contribution in [1.82, 2.24) is 4.57 Å². The maximum Gasteiger partial charge on any atom is 0.247 e. The molecule has 6 heteroatoms. The second-order valence-electron chi connectivity index (χ2n) is 14.1. The highest BCUT2D eigenvalue weighted by Gasteiger charge is 2.19. The first-order valence-corrected chi connectivity index (χ1v) is 21.2. The maximum atomic E-state index is 13.0. The Hall–Kier alpha value is -2.57. The van der Waals surface area contributed by atoms with E-state index in [2.05, 4.69) is 62.5 Å². The highest BCUT2D eigenvalue weighted by atomic mass is 16.5. The van der Waals surface area contributed by atoms with Crippen LogP contribution in [0.1, 0.15) is 186 Å². The van der Waals surface area contributed by atoms with E-state index in [1.54, 1.807) is 17.0 Å². The van der Waals surface area contributed by atoms with Crippen LogP contribution in [0.4, 0.5) is 0 Å². The molecule has 0 aromatic carbocycles. The van der Waals surface area contributed by atoms with Gasteiger partial charge in [0.05, 0.1) is 31.6 Å². The van der Waals surface area contributed by atoms with Crippen molar-refractivity contribution in [2.24, 2.45) is 11.5 Å². The average molecular weight is 710 g/mol. The van der Waals surface area contributed by atoms with Crippen LogP contribution in [0.2, 0.25) is 0 Å². The molecular formula is C45H79N3O3. The second kappa shape index (κ2) is 35.8. The summed E-state index contributed by atoms with van der Waals surface area (Å²) >= 11 is 0. The average Bonchev–Trinajstić information content (AvgIpc) is 3.55. The summed E-state index contributed by atoms with van der Waals surface area (Å²) in [4.78, 5) is 13.0. The molecule has 0 aliphatic heterocycles. The lowest BCUT2D eigenvalue weighted by atomic mass is 10.1. The summed E-state index contributed by atoms with van der Waals surface area (Å²) < 4.78 is 13.8. The Balaban J connectivity index is 2.28. The SMILES string of the molecule is CCCCC/C=C\C/C=C\CCCCCCCCOc1cn(C(=O)[C@@H](N)CCCN)cc1OCCCCCCCC/C=C\C/C=C\CCCCC. The van der Waals surface area contributed by atoms with E-state index < -0.39 is 6.04 Å². The zero-order chi connectivity index (χ0) is 36.9. The van der Waals surface area contributed by atoms with Crippen molar-refractivity contribution in [3.05, 3.63) is 61.0 Å². The Bertz CT molecular complexity index is 974. The van der Waals surface area contributed by atoms with Gasteiger partial charge in [-0.05, 0) is 96.4 Å². The summed E-state index contributed by atoms with van der Waals surface area (Å²) in [6, 6.07) is -0.582. The van der Waals surface area contributed by atoms with Crippen LogP contribution in [0.15, 0.2) is 61.0 Å². The predicted molar refractivity (Wildman–Crippen MR) is 221 cm³/mol. The number of rotatable bonds is 36. The minimum atomic E-state index is -0.582. The Morgan fingerprint density at radius 3 is 1.33 bits per heavy atom. The predicted octanol–water partition coefficient (Wildman–Crippen LogP) is 12.6. The van der Waals surface area contributed by atoms with Crippen molar-refractivity contribution in [3.8, 4) is 11.5 Å². The molecule has 1 aromatic heterocycles. The van der Waals surface area contributed by atoms with Crippen LogP contribution < -0.4 is 20.9 Å². The Labute approximate surface area is 314 Å². The Morgan fingerprint density at radius 2 is 0.941 bits per heavy atom. The number of hydrogen-bond acceptors (Lipinski definition) is 5. The third-order valence-corrected chi connectivity index (χ3v) is 9.25. The molecule has 4 N–H and O–H groups in total. The first-order chi connectivity index (χ1) is 25.1. The number of ether oxygens (including phenoxy) is 2. The van der Waals surface area contributed by atoms with E-state index in [1.807, 2.05) is 0 Å². The monoisotopic (exact) mass is 710 g/mol. The van der Waals surface area contributed by atoms with Crippen molar-refractivity contribution in [1.29, 1.82) is 0 Å². The smallest absolute Gasteiger partial charge is 0.247 e. The molecule has 0 aliphatic rings. The van der Waals surface area contributed by atoms with E-state index in [0.29, 0.717) is 37.7 Å². The van der Waals surface area contributed by atoms with Gasteiger partial charge in [-0.3, -0.25) is 9.36 Å². The van der Waals surface area contributed by atoms with E-state index in [9.17, 15) is 4.79 Å². The highest BCUT2D eigenvalue weighted by molar-refractivity contribution is 5.85. The molecule has 0 unspecified atom stereocenters. The number of hydrogen-bond donors (Lipinski definition) is 2. The van der Waals surface area contributed by atoms with Crippen LogP contribution >= 0.6 is 0 Å². The fraction of sp³-hybridized carbons (Fsp3) is 0.711. The van der Waals surface area contributed by atoms with Gasteiger partial charge in [0, 0.05) is 0 Å². The number of carbonyl (C=O) groups excluding carboxylic acids is 1. The molecule has 0 spiro atoms. The van der Waals surface area contributed by atoms with Gasteiger partial charge < -0.3 is 20.9 Å². The second-order valence-corrected chi connectivity index (χ2v) is 14.1. The summed E-state index contributed by atoms with van der Waals surface area (Å²) in [5, 5.41) is 0. The van der Waals surface area contributed by atoms with Crippen LogP contribution in [0.25, 0.3) is 0 Å². The van der Waals surface area contributed by atoms with Gasteiger partial charge in [0.2, 0.25) is 5.91 Å². The molecule has 1 heterocycles. The lowest BCUT2D eigenvalue weighted by Gasteiger charge is -2.09. The van der Waals surface area contributed by atoms with Crippen molar-refractivity contribution < 1.29 is 14.3 Å². The zero-order valence-electron chi connectivity index (χ0n) is 33.2. The molecule has 6 nitrogen and oxygen atoms in total. The fourth-order valence-corrected chi connectivity index (χ4v) is 5.96. The molecule has 0 saturated carbocycles. The number of nitrogens with two attached hydrogens (primary N) is 2. The van der Waals surface area contributed by atoms with Gasteiger partial charge in [-0.15, -0.1) is 0 Å². The number of aromatic nitrogens is 1. The summed E-state index contributed by atoms with van der Waals surface area (Å²) in [6.45, 7) is 6.27. The van der Waals surface area contributed by atoms with Crippen LogP contribution in [-0.4, -0.2) is 36.3 Å². The number of carbonyl (C=O) groups is 1. The largest absolute Gasteiger partial charge is 0.488 e. The van der Waals surface area contributed by atoms with Crippen LogP contribution in [0.3, 0.4) is 0 Å². The molecule has 1 aromatic rings. The van der Waals surface area contributed by atoms with Gasteiger partial charge >= 0.3 is 0 Å². The van der Waals surface area contributed by atoms with Crippen LogP contribution in [0, 0.1) is 0 Å². The van der Waals surface area contributed by atoms with Gasteiger partial charge in [-0.1, -0.05) is 140 Å². The third-order valence-electron chi connectivity index (χ3n) is 9.25.